The van der Waals surface area contributed by atoms with Crippen molar-refractivity contribution in [3.05, 3.63) is 68.8 Å². The van der Waals surface area contributed by atoms with Crippen molar-refractivity contribution in [1.29, 1.82) is 5.26 Å². The van der Waals surface area contributed by atoms with Crippen molar-refractivity contribution in [2.24, 2.45) is 0 Å². The lowest BCUT2D eigenvalue weighted by Gasteiger charge is -2.07. The molecule has 2 aromatic rings. The number of hydrogen-bond donors (Lipinski definition) is 0. The van der Waals surface area contributed by atoms with Crippen LogP contribution in [0, 0.1) is 17.1 Å². The second kappa shape index (κ2) is 5.03. The van der Waals surface area contributed by atoms with Gasteiger partial charge in [-0.2, -0.15) is 5.26 Å². The quantitative estimate of drug-likeness (QED) is 0.835. The molecule has 0 fully saturated rings. The van der Waals surface area contributed by atoms with E-state index in [1.54, 1.807) is 24.3 Å². The van der Waals surface area contributed by atoms with E-state index in [0.717, 1.165) is 0 Å². The standard InChI is InChI=1S/C13H8ClFN2O/c14-11-5-1-3-10(12(11)15)8-17-6-2-4-9(7-16)13(17)18/h1-6H,8H2. The Hall–Kier alpha value is -2.12. The zero-order valence-electron chi connectivity index (χ0n) is 9.23. The third-order valence-electron chi connectivity index (χ3n) is 2.51. The highest BCUT2D eigenvalue weighted by Crippen LogP contribution is 2.18. The van der Waals surface area contributed by atoms with E-state index >= 15 is 0 Å². The van der Waals surface area contributed by atoms with E-state index in [1.807, 2.05) is 0 Å². The summed E-state index contributed by atoms with van der Waals surface area (Å²) in [6.45, 7) is 0.0424. The Balaban J connectivity index is 2.45. The summed E-state index contributed by atoms with van der Waals surface area (Å²) in [5.74, 6) is -0.548. The maximum atomic E-state index is 13.7. The topological polar surface area (TPSA) is 45.8 Å². The molecule has 0 amide bonds. The van der Waals surface area contributed by atoms with Crippen LogP contribution in [0.25, 0.3) is 0 Å². The average Bonchev–Trinajstić information content (AvgIpc) is 2.37. The van der Waals surface area contributed by atoms with Crippen LogP contribution in [0.1, 0.15) is 11.1 Å². The number of pyridine rings is 1. The molecule has 0 radical (unpaired) electrons. The van der Waals surface area contributed by atoms with Gasteiger partial charge in [0.25, 0.3) is 5.56 Å². The molecule has 18 heavy (non-hydrogen) atoms. The summed E-state index contributed by atoms with van der Waals surface area (Å²) in [7, 11) is 0. The summed E-state index contributed by atoms with van der Waals surface area (Å²) in [5.41, 5.74) is -0.112. The molecule has 0 saturated heterocycles. The molecule has 0 unspecified atom stereocenters. The van der Waals surface area contributed by atoms with Gasteiger partial charge in [-0.15, -0.1) is 0 Å². The fourth-order valence-corrected chi connectivity index (χ4v) is 1.79. The minimum absolute atomic E-state index is 0.0111. The smallest absolute Gasteiger partial charge is 0.268 e. The van der Waals surface area contributed by atoms with Crippen molar-refractivity contribution in [3.63, 3.8) is 0 Å². The number of benzene rings is 1. The number of halogens is 2. The molecular weight excluding hydrogens is 255 g/mol. The normalized spacial score (nSPS) is 10.1. The van der Waals surface area contributed by atoms with Crippen LogP contribution in [-0.2, 0) is 6.54 Å². The van der Waals surface area contributed by atoms with Gasteiger partial charge in [-0.25, -0.2) is 4.39 Å². The minimum atomic E-state index is -0.548. The molecule has 1 heterocycles. The lowest BCUT2D eigenvalue weighted by molar-refractivity contribution is 0.596. The van der Waals surface area contributed by atoms with Crippen molar-refractivity contribution in [1.82, 2.24) is 4.57 Å². The Bertz CT molecular complexity index is 688. The molecule has 0 atom stereocenters. The fourth-order valence-electron chi connectivity index (χ4n) is 1.60. The molecular formula is C13H8ClFN2O. The molecule has 1 aromatic carbocycles. The number of rotatable bonds is 2. The first-order valence-corrected chi connectivity index (χ1v) is 5.53. The van der Waals surface area contributed by atoms with Crippen LogP contribution in [0.15, 0.2) is 41.3 Å². The summed E-state index contributed by atoms with van der Waals surface area (Å²) in [6, 6.07) is 9.39. The number of nitrogens with zero attached hydrogens (tertiary/aromatic N) is 2. The van der Waals surface area contributed by atoms with Gasteiger partial charge in [0.2, 0.25) is 0 Å². The Kier molecular flexibility index (Phi) is 3.45. The first kappa shape index (κ1) is 12.3. The van der Waals surface area contributed by atoms with Crippen molar-refractivity contribution in [3.8, 4) is 6.07 Å². The van der Waals surface area contributed by atoms with E-state index in [4.69, 9.17) is 16.9 Å². The van der Waals surface area contributed by atoms with Gasteiger partial charge in [-0.3, -0.25) is 4.79 Å². The molecule has 0 aliphatic rings. The van der Waals surface area contributed by atoms with Crippen molar-refractivity contribution >= 4 is 11.6 Å². The van der Waals surface area contributed by atoms with Crippen LogP contribution in [-0.4, -0.2) is 4.57 Å². The highest BCUT2D eigenvalue weighted by atomic mass is 35.5. The van der Waals surface area contributed by atoms with E-state index < -0.39 is 11.4 Å². The van der Waals surface area contributed by atoms with Gasteiger partial charge in [0.15, 0.2) is 0 Å². The van der Waals surface area contributed by atoms with Gasteiger partial charge in [-0.05, 0) is 18.2 Å². The Morgan fingerprint density at radius 1 is 1.33 bits per heavy atom. The molecule has 1 aromatic heterocycles. The van der Waals surface area contributed by atoms with Crippen LogP contribution >= 0.6 is 11.6 Å². The molecule has 2 rings (SSSR count). The second-order valence-corrected chi connectivity index (χ2v) is 4.09. The summed E-state index contributed by atoms with van der Waals surface area (Å²) in [6.07, 6.45) is 1.50. The summed E-state index contributed by atoms with van der Waals surface area (Å²) >= 11 is 5.66. The van der Waals surface area contributed by atoms with Gasteiger partial charge in [0.05, 0.1) is 11.6 Å². The molecule has 0 spiro atoms. The molecule has 0 aliphatic heterocycles. The Labute approximate surface area is 108 Å². The van der Waals surface area contributed by atoms with Crippen LogP contribution in [0.5, 0.6) is 0 Å². The zero-order valence-corrected chi connectivity index (χ0v) is 9.99. The highest BCUT2D eigenvalue weighted by Gasteiger charge is 2.08. The van der Waals surface area contributed by atoms with Crippen LogP contribution in [0.4, 0.5) is 4.39 Å². The van der Waals surface area contributed by atoms with Crippen LogP contribution < -0.4 is 5.56 Å². The van der Waals surface area contributed by atoms with Gasteiger partial charge >= 0.3 is 0 Å². The Morgan fingerprint density at radius 3 is 2.83 bits per heavy atom. The summed E-state index contributed by atoms with van der Waals surface area (Å²) in [4.78, 5) is 11.8. The maximum Gasteiger partial charge on any atom is 0.268 e. The first-order chi connectivity index (χ1) is 8.63. The lowest BCUT2D eigenvalue weighted by Crippen LogP contribution is -2.22. The fraction of sp³-hybridized carbons (Fsp3) is 0.0769. The van der Waals surface area contributed by atoms with Crippen molar-refractivity contribution < 1.29 is 4.39 Å². The van der Waals surface area contributed by atoms with Crippen molar-refractivity contribution in [2.45, 2.75) is 6.54 Å². The molecule has 0 saturated carbocycles. The average molecular weight is 263 g/mol. The molecule has 0 bridgehead atoms. The summed E-state index contributed by atoms with van der Waals surface area (Å²) in [5, 5.41) is 8.76. The number of nitriles is 1. The van der Waals surface area contributed by atoms with E-state index in [2.05, 4.69) is 0 Å². The Morgan fingerprint density at radius 2 is 2.11 bits per heavy atom. The first-order valence-electron chi connectivity index (χ1n) is 5.16. The molecule has 0 N–H and O–H groups in total. The van der Waals surface area contributed by atoms with E-state index in [9.17, 15) is 9.18 Å². The third-order valence-corrected chi connectivity index (χ3v) is 2.80. The van der Waals surface area contributed by atoms with E-state index in [1.165, 1.54) is 22.9 Å². The summed E-state index contributed by atoms with van der Waals surface area (Å²) < 4.78 is 15.0. The zero-order chi connectivity index (χ0) is 13.1. The van der Waals surface area contributed by atoms with E-state index in [0.29, 0.717) is 5.56 Å². The largest absolute Gasteiger partial charge is 0.310 e. The predicted molar refractivity (Wildman–Crippen MR) is 65.9 cm³/mol. The minimum Gasteiger partial charge on any atom is -0.310 e. The molecule has 0 aliphatic carbocycles. The molecule has 5 heteroatoms. The van der Waals surface area contributed by atoms with Gasteiger partial charge in [-0.1, -0.05) is 23.7 Å². The van der Waals surface area contributed by atoms with Crippen molar-refractivity contribution in [2.75, 3.05) is 0 Å². The van der Waals surface area contributed by atoms with Gasteiger partial charge in [0.1, 0.15) is 17.4 Å². The van der Waals surface area contributed by atoms with Gasteiger partial charge in [0, 0.05) is 11.8 Å². The molecule has 3 nitrogen and oxygen atoms in total. The molecule has 90 valence electrons. The maximum absolute atomic E-state index is 13.7. The number of hydrogen-bond acceptors (Lipinski definition) is 2. The predicted octanol–water partition coefficient (Wildman–Crippen LogP) is 2.56. The van der Waals surface area contributed by atoms with Crippen LogP contribution in [0.3, 0.4) is 0 Å². The lowest BCUT2D eigenvalue weighted by atomic mass is 10.2. The van der Waals surface area contributed by atoms with E-state index in [-0.39, 0.29) is 17.1 Å². The van der Waals surface area contributed by atoms with Gasteiger partial charge < -0.3 is 4.57 Å². The highest BCUT2D eigenvalue weighted by molar-refractivity contribution is 6.30. The number of aromatic nitrogens is 1. The SMILES string of the molecule is N#Cc1cccn(Cc2cccc(Cl)c2F)c1=O. The monoisotopic (exact) mass is 262 g/mol. The second-order valence-electron chi connectivity index (χ2n) is 3.68. The van der Waals surface area contributed by atoms with Crippen LogP contribution in [0.2, 0.25) is 5.02 Å². The third kappa shape index (κ3) is 2.27.